The summed E-state index contributed by atoms with van der Waals surface area (Å²) in [7, 11) is 1.32. The first-order valence-electron chi connectivity index (χ1n) is 6.45. The second kappa shape index (κ2) is 6.23. The lowest BCUT2D eigenvalue weighted by Gasteiger charge is -2.36. The van der Waals surface area contributed by atoms with E-state index in [1.807, 2.05) is 0 Å². The van der Waals surface area contributed by atoms with Gasteiger partial charge in [0.25, 0.3) is 0 Å². The SMILES string of the molecule is COC(=O)C[C@H]1CCN(C(=O)OC(C)(C)C)C[C@H]1O. The molecular formula is C13H23NO5. The van der Waals surface area contributed by atoms with Crippen molar-refractivity contribution in [1.29, 1.82) is 0 Å². The first-order valence-corrected chi connectivity index (χ1v) is 6.45. The largest absolute Gasteiger partial charge is 0.469 e. The molecule has 0 aromatic heterocycles. The number of nitrogens with zero attached hydrogens (tertiary/aromatic N) is 1. The third kappa shape index (κ3) is 5.06. The second-order valence-corrected chi connectivity index (χ2v) is 5.82. The van der Waals surface area contributed by atoms with Gasteiger partial charge in [-0.15, -0.1) is 0 Å². The Labute approximate surface area is 113 Å². The summed E-state index contributed by atoms with van der Waals surface area (Å²) in [6, 6.07) is 0. The maximum absolute atomic E-state index is 11.8. The molecule has 1 saturated heterocycles. The van der Waals surface area contributed by atoms with Crippen LogP contribution in [0.2, 0.25) is 0 Å². The molecule has 1 amide bonds. The topological polar surface area (TPSA) is 76.1 Å². The van der Waals surface area contributed by atoms with Gasteiger partial charge >= 0.3 is 12.1 Å². The minimum absolute atomic E-state index is 0.161. The number of methoxy groups -OCH3 is 1. The molecule has 0 unspecified atom stereocenters. The number of aliphatic hydroxyl groups excluding tert-OH is 1. The number of hydrogen-bond acceptors (Lipinski definition) is 5. The van der Waals surface area contributed by atoms with Gasteiger partial charge in [-0.2, -0.15) is 0 Å². The average molecular weight is 273 g/mol. The number of carbonyl (C=O) groups is 2. The number of ether oxygens (including phenoxy) is 2. The van der Waals surface area contributed by atoms with Gasteiger partial charge in [0, 0.05) is 6.54 Å². The highest BCUT2D eigenvalue weighted by Crippen LogP contribution is 2.23. The van der Waals surface area contributed by atoms with Gasteiger partial charge in [0.1, 0.15) is 5.60 Å². The molecule has 0 aliphatic carbocycles. The van der Waals surface area contributed by atoms with E-state index in [0.717, 1.165) is 0 Å². The number of esters is 1. The molecule has 1 heterocycles. The molecule has 6 heteroatoms. The van der Waals surface area contributed by atoms with E-state index in [4.69, 9.17) is 4.74 Å². The van der Waals surface area contributed by atoms with Crippen molar-refractivity contribution in [2.24, 2.45) is 5.92 Å². The summed E-state index contributed by atoms with van der Waals surface area (Å²) in [5, 5.41) is 9.97. The van der Waals surface area contributed by atoms with Gasteiger partial charge in [-0.1, -0.05) is 0 Å². The van der Waals surface area contributed by atoms with Crippen LogP contribution in [0.4, 0.5) is 4.79 Å². The summed E-state index contributed by atoms with van der Waals surface area (Å²) in [5.74, 6) is -0.499. The standard InChI is InChI=1S/C13H23NO5/c1-13(2,3)19-12(17)14-6-5-9(10(15)8-14)7-11(16)18-4/h9-10,15H,5-8H2,1-4H3/t9-,10-/m1/s1. The minimum atomic E-state index is -0.722. The highest BCUT2D eigenvalue weighted by Gasteiger charge is 2.33. The number of hydrogen-bond donors (Lipinski definition) is 1. The Morgan fingerprint density at radius 2 is 2.00 bits per heavy atom. The lowest BCUT2D eigenvalue weighted by Crippen LogP contribution is -2.48. The van der Waals surface area contributed by atoms with Crippen molar-refractivity contribution in [3.63, 3.8) is 0 Å². The first-order chi connectivity index (χ1) is 8.73. The number of β-amino-alcohol motifs (C(OH)–C–C–N with tert-alkyl or cyclic N) is 1. The smallest absolute Gasteiger partial charge is 0.410 e. The van der Waals surface area contributed by atoms with Crippen molar-refractivity contribution in [2.75, 3.05) is 20.2 Å². The van der Waals surface area contributed by atoms with Gasteiger partial charge in [0.2, 0.25) is 0 Å². The van der Waals surface area contributed by atoms with Gasteiger partial charge in [-0.05, 0) is 33.1 Å². The number of rotatable bonds is 2. The van der Waals surface area contributed by atoms with E-state index >= 15 is 0 Å². The summed E-state index contributed by atoms with van der Waals surface area (Å²) in [6.45, 7) is 6.06. The summed E-state index contributed by atoms with van der Waals surface area (Å²) < 4.78 is 9.83. The van der Waals surface area contributed by atoms with E-state index in [1.165, 1.54) is 12.0 Å². The second-order valence-electron chi connectivity index (χ2n) is 5.82. The molecule has 6 nitrogen and oxygen atoms in total. The fourth-order valence-corrected chi connectivity index (χ4v) is 2.01. The van der Waals surface area contributed by atoms with E-state index in [1.54, 1.807) is 20.8 Å². The van der Waals surface area contributed by atoms with Gasteiger partial charge < -0.3 is 19.5 Å². The molecule has 2 atom stereocenters. The molecule has 1 rings (SSSR count). The van der Waals surface area contributed by atoms with Crippen molar-refractivity contribution in [3.8, 4) is 0 Å². The Hall–Kier alpha value is -1.30. The molecule has 0 spiro atoms. The molecule has 0 aromatic carbocycles. The maximum Gasteiger partial charge on any atom is 0.410 e. The molecule has 1 aliphatic heterocycles. The molecule has 0 radical (unpaired) electrons. The zero-order valence-electron chi connectivity index (χ0n) is 12.0. The van der Waals surface area contributed by atoms with Crippen LogP contribution in [0.3, 0.4) is 0 Å². The third-order valence-corrected chi connectivity index (χ3v) is 3.03. The lowest BCUT2D eigenvalue weighted by atomic mass is 9.91. The molecule has 0 aromatic rings. The lowest BCUT2D eigenvalue weighted by molar-refractivity contribution is -0.143. The van der Waals surface area contributed by atoms with E-state index in [9.17, 15) is 14.7 Å². The Balaban J connectivity index is 2.49. The number of likely N-dealkylation sites (tertiary alicyclic amines) is 1. The van der Waals surface area contributed by atoms with Crippen LogP contribution in [0.25, 0.3) is 0 Å². The van der Waals surface area contributed by atoms with Crippen LogP contribution < -0.4 is 0 Å². The van der Waals surface area contributed by atoms with E-state index in [2.05, 4.69) is 4.74 Å². The van der Waals surface area contributed by atoms with Crippen molar-refractivity contribution in [2.45, 2.75) is 45.3 Å². The van der Waals surface area contributed by atoms with Gasteiger partial charge in [-0.25, -0.2) is 4.79 Å². The van der Waals surface area contributed by atoms with Gasteiger partial charge in [0.05, 0.1) is 26.2 Å². The fourth-order valence-electron chi connectivity index (χ4n) is 2.01. The van der Waals surface area contributed by atoms with Crippen LogP contribution in [-0.4, -0.2) is 54.0 Å². The Morgan fingerprint density at radius 1 is 1.37 bits per heavy atom. The van der Waals surface area contributed by atoms with Crippen LogP contribution in [0.1, 0.15) is 33.6 Å². The minimum Gasteiger partial charge on any atom is -0.469 e. The Bertz CT molecular complexity index is 336. The predicted octanol–water partition coefficient (Wildman–Crippen LogP) is 1.17. The maximum atomic E-state index is 11.8. The molecule has 110 valence electrons. The zero-order valence-corrected chi connectivity index (χ0v) is 12.0. The predicted molar refractivity (Wildman–Crippen MR) is 68.6 cm³/mol. The highest BCUT2D eigenvalue weighted by molar-refractivity contribution is 5.70. The zero-order chi connectivity index (χ0) is 14.6. The molecule has 19 heavy (non-hydrogen) atoms. The van der Waals surface area contributed by atoms with Crippen LogP contribution >= 0.6 is 0 Å². The molecule has 0 bridgehead atoms. The first kappa shape index (κ1) is 15.8. The van der Waals surface area contributed by atoms with Crippen molar-refractivity contribution in [1.82, 2.24) is 4.90 Å². The Kier molecular flexibility index (Phi) is 5.17. The van der Waals surface area contributed by atoms with E-state index in [0.29, 0.717) is 13.0 Å². The number of amides is 1. The molecule has 0 saturated carbocycles. The van der Waals surface area contributed by atoms with Gasteiger partial charge in [0.15, 0.2) is 0 Å². The summed E-state index contributed by atoms with van der Waals surface area (Å²) >= 11 is 0. The fraction of sp³-hybridized carbons (Fsp3) is 0.846. The monoisotopic (exact) mass is 273 g/mol. The highest BCUT2D eigenvalue weighted by atomic mass is 16.6. The van der Waals surface area contributed by atoms with Crippen LogP contribution in [0, 0.1) is 5.92 Å². The summed E-state index contributed by atoms with van der Waals surface area (Å²) in [4.78, 5) is 24.5. The molecule has 1 N–H and O–H groups in total. The van der Waals surface area contributed by atoms with Gasteiger partial charge in [-0.3, -0.25) is 4.79 Å². The molecule has 1 aliphatic rings. The normalized spacial score (nSPS) is 23.9. The number of carbonyl (C=O) groups excluding carboxylic acids is 2. The number of piperidine rings is 1. The van der Waals surface area contributed by atoms with Crippen molar-refractivity contribution >= 4 is 12.1 Å². The van der Waals surface area contributed by atoms with E-state index in [-0.39, 0.29) is 24.9 Å². The number of aliphatic hydroxyl groups is 1. The average Bonchev–Trinajstić information content (AvgIpc) is 2.29. The Morgan fingerprint density at radius 3 is 2.47 bits per heavy atom. The summed E-state index contributed by atoms with van der Waals surface area (Å²) in [5.41, 5.74) is -0.551. The van der Waals surface area contributed by atoms with Crippen molar-refractivity contribution in [3.05, 3.63) is 0 Å². The third-order valence-electron chi connectivity index (χ3n) is 3.03. The van der Waals surface area contributed by atoms with Crippen LogP contribution in [0.5, 0.6) is 0 Å². The molecule has 1 fully saturated rings. The quantitative estimate of drug-likeness (QED) is 0.764. The summed E-state index contributed by atoms with van der Waals surface area (Å²) in [6.07, 6.45) is -0.404. The van der Waals surface area contributed by atoms with Crippen molar-refractivity contribution < 1.29 is 24.2 Å². The van der Waals surface area contributed by atoms with E-state index < -0.39 is 17.8 Å². The molecular weight excluding hydrogens is 250 g/mol. The van der Waals surface area contributed by atoms with Crippen LogP contribution in [-0.2, 0) is 14.3 Å². The van der Waals surface area contributed by atoms with Crippen LogP contribution in [0.15, 0.2) is 0 Å².